The second-order valence-electron chi connectivity index (χ2n) is 57.7. The normalized spacial score (nSPS) is 42.0. The molecular weight excluding hydrogens is 1830 g/mol. The Hall–Kier alpha value is -6.02. The Bertz CT molecular complexity index is 5330. The number of aliphatic carboxylic acids is 2. The molecule has 0 spiro atoms. The van der Waals surface area contributed by atoms with Crippen molar-refractivity contribution < 1.29 is 84.5 Å². The fourth-order valence-corrected chi connectivity index (χ4v) is 36.7. The van der Waals surface area contributed by atoms with Crippen LogP contribution in [-0.4, -0.2) is 144 Å². The number of carbonyl (C=O) groups is 4. The Morgan fingerprint density at radius 1 is 0.381 bits per heavy atom. The Labute approximate surface area is 888 Å². The van der Waals surface area contributed by atoms with Gasteiger partial charge in [0.15, 0.2) is 0 Å². The minimum atomic E-state index is -1.11. The first-order chi connectivity index (χ1) is 67.6. The molecule has 16 aliphatic rings. The average molecular weight is 2040 g/mol. The van der Waals surface area contributed by atoms with Gasteiger partial charge in [0.1, 0.15) is 6.10 Å². The number of rotatable bonds is 25. The summed E-state index contributed by atoms with van der Waals surface area (Å²) in [4.78, 5) is 50.3. The third-order valence-electron chi connectivity index (χ3n) is 47.7. The van der Waals surface area contributed by atoms with Crippen LogP contribution in [0.3, 0.4) is 0 Å². The Morgan fingerprint density at radius 3 is 1.01 bits per heavy atom. The van der Waals surface area contributed by atoms with Gasteiger partial charge in [0, 0.05) is 70.7 Å². The second kappa shape index (κ2) is 40.9. The maximum absolute atomic E-state index is 13.2. The molecule has 0 aromatic rings. The molecule has 16 rings (SSSR count). The van der Waals surface area contributed by atoms with Gasteiger partial charge in [-0.25, -0.2) is 0 Å². The number of methoxy groups -OCH3 is 2. The molecule has 824 valence electrons. The van der Waals surface area contributed by atoms with E-state index in [4.69, 9.17) is 14.2 Å². The SMILES string of the molecule is C=C(CCC(C(=C)O)[C@H]1[C@H](O)C[C@@]2(C)C3=CC[C@H]4C(C)(C)[C@@H](OC)CC[C@]4(C)C3=CC[C@]12C)C(C)C.C=C(CCC(C(=O)O)[C@H]1[C@H](O)[C@H](O)[C@@]2(C)C3=CC[C@H]4C(C)(C)[C@@H](O)CC[C@]4(C)C3=CC[C@]12C)C(C)C.C=C(CC[C@@H](C(=O)O)[C@H]1[C@H](O)C[C@@]2(C)C3=CCC4C(C)(C)[C@@H](OC(C)=O)CC[C@]4(C)C3=CC[C@]12C)C(C)C.C=C(CC[C@@H](C(=O)OC)[C@H]1[C@H](O)C[C@@]2(C)C3=CC[C@H]4C(C)(C)[C@H](O)CC[C@]4(C)C3=CC[C@]12C)C(C)(C)C. The third-order valence-corrected chi connectivity index (χ3v) is 47.7. The van der Waals surface area contributed by atoms with Crippen LogP contribution in [0.5, 0.6) is 0 Å². The molecule has 3 unspecified atom stereocenters. The number of ether oxygens (including phenoxy) is 3. The summed E-state index contributed by atoms with van der Waals surface area (Å²) in [5, 5.41) is 111. The predicted molar refractivity (Wildman–Crippen MR) is 592 cm³/mol. The Morgan fingerprint density at radius 2 is 0.680 bits per heavy atom. The molecule has 17 heteroatoms. The standard InChI is InChI=1S/C33H50O5.C33H52O4.C33H52O3.C31H48O5/c1-19(2)20(3)10-11-22(29(36)37)28-25(35)18-33(9)24-12-13-26-30(5,6)27(38-21(4)34)15-16-31(26,7)23(24)14-17-32(28,33)8;1-20(29(2,3)4)11-12-21(28(36)37-10)27-24(34)19-33(9)23-13-14-25-30(5,6)26(35)16-17-31(25,7)22(23)15-18-32(27,33)8;1-20(2)21(3)11-12-23(22(4)34)29-26(35)19-33(9)25-13-14-27-30(5,6)28(36-10)16-17-31(27,7)24(25)15-18-32(29,33)8;1-17(2)18(3)9-10-19(27(35)36)24-25(33)26(34)31(8)21-11-12-22-28(4,5)23(32)14-15-29(22,6)20(21)13-16-30(24,31)7/h12,14,19,22,25-28,35H,3,10-11,13,15-18H2,1-2,4-9H3,(H,36,37);13,15,21,24-27,34-35H,1,11-12,14,16-19H2,2-10H3;13,15,20,23,26-29,34-35H,3-4,11-12,14,16-19H2,1-2,5-10H3;11,13,17,19,22-26,32-34H,3,9-10,12,14-16H2,1-2,4-8H3,(H,35,36)/t22-,25-,26?,27+,28+,31-,32-,33+;21-,24-,25+,26-,27+,31-,32-,33+;23?,26-,27+,28+,29+,31-,32-,33+;19?,22-,23-,24-,25-,26-,29+,30+,31+/m1110/s1. The highest BCUT2D eigenvalue weighted by Gasteiger charge is 2.75. The maximum atomic E-state index is 13.2. The largest absolute Gasteiger partial charge is 0.513 e. The number of hydrogen-bond donors (Lipinski definition) is 10. The highest BCUT2D eigenvalue weighted by atomic mass is 16.5. The molecule has 147 heavy (non-hydrogen) atoms. The summed E-state index contributed by atoms with van der Waals surface area (Å²) in [6.45, 7) is 87.3. The van der Waals surface area contributed by atoms with Crippen LogP contribution < -0.4 is 0 Å². The van der Waals surface area contributed by atoms with E-state index in [1.54, 1.807) is 0 Å². The molecule has 0 aromatic carbocycles. The third kappa shape index (κ3) is 18.8. The summed E-state index contributed by atoms with van der Waals surface area (Å²) in [5.41, 5.74) is 12.1. The molecule has 0 aromatic heterocycles. The van der Waals surface area contributed by atoms with Crippen molar-refractivity contribution in [1.82, 2.24) is 0 Å². The zero-order valence-electron chi connectivity index (χ0n) is 97.4. The fourth-order valence-electron chi connectivity index (χ4n) is 36.7. The number of fused-ring (bicyclic) bond motifs is 20. The lowest BCUT2D eigenvalue weighted by molar-refractivity contribution is -0.165. The number of aliphatic hydroxyl groups is 8. The van der Waals surface area contributed by atoms with Crippen LogP contribution in [0.25, 0.3) is 0 Å². The van der Waals surface area contributed by atoms with E-state index in [2.05, 4.69) is 282 Å². The first kappa shape index (κ1) is 118. The fraction of sp³-hybridized carbons (Fsp3) is 0.769. The Kier molecular flexibility index (Phi) is 32.9. The molecule has 0 saturated heterocycles. The first-order valence-electron chi connectivity index (χ1n) is 57.4. The predicted octanol–water partition coefficient (Wildman–Crippen LogP) is 27.8. The van der Waals surface area contributed by atoms with Gasteiger partial charge in [-0.1, -0.05) is 305 Å². The molecule has 0 amide bonds. The van der Waals surface area contributed by atoms with E-state index < -0.39 is 71.0 Å². The van der Waals surface area contributed by atoms with Crippen molar-refractivity contribution in [2.75, 3.05) is 14.2 Å². The van der Waals surface area contributed by atoms with Crippen LogP contribution in [0.1, 0.15) is 381 Å². The number of hydrogen-bond acceptors (Lipinski definition) is 15. The van der Waals surface area contributed by atoms with E-state index in [9.17, 15) is 70.2 Å². The smallest absolute Gasteiger partial charge is 0.309 e. The van der Waals surface area contributed by atoms with E-state index >= 15 is 0 Å². The lowest BCUT2D eigenvalue weighted by Crippen LogP contribution is -2.55. The second-order valence-corrected chi connectivity index (χ2v) is 57.7. The zero-order valence-corrected chi connectivity index (χ0v) is 97.4. The molecule has 8 saturated carbocycles. The van der Waals surface area contributed by atoms with Crippen LogP contribution in [-0.2, 0) is 33.4 Å². The van der Waals surface area contributed by atoms with Crippen molar-refractivity contribution in [2.45, 2.75) is 436 Å². The summed E-state index contributed by atoms with van der Waals surface area (Å²) in [7, 11) is 3.34. The average Bonchev–Trinajstić information content (AvgIpc) is 1.77. The highest BCUT2D eigenvalue weighted by Crippen LogP contribution is 2.79. The van der Waals surface area contributed by atoms with Crippen LogP contribution in [0.2, 0.25) is 0 Å². The van der Waals surface area contributed by atoms with E-state index in [1.807, 2.05) is 7.11 Å². The number of carboxylic acids is 2. The molecule has 10 N–H and O–H groups in total. The maximum Gasteiger partial charge on any atom is 0.309 e. The summed E-state index contributed by atoms with van der Waals surface area (Å²) in [6, 6.07) is 0. The summed E-state index contributed by atoms with van der Waals surface area (Å²) in [6.07, 6.45) is 36.6. The first-order valence-corrected chi connectivity index (χ1v) is 57.4. The van der Waals surface area contributed by atoms with Gasteiger partial charge in [-0.15, -0.1) is 0 Å². The number of aliphatic hydroxyl groups excluding tert-OH is 8. The van der Waals surface area contributed by atoms with Crippen molar-refractivity contribution in [2.24, 2.45) is 181 Å². The minimum absolute atomic E-state index is 0.0178. The summed E-state index contributed by atoms with van der Waals surface area (Å²) < 4.78 is 17.1. The van der Waals surface area contributed by atoms with Gasteiger partial charge >= 0.3 is 23.9 Å². The van der Waals surface area contributed by atoms with Crippen molar-refractivity contribution >= 4 is 23.9 Å². The van der Waals surface area contributed by atoms with E-state index in [1.165, 1.54) is 58.6 Å². The van der Waals surface area contributed by atoms with Gasteiger partial charge in [-0.05, 0) is 324 Å². The molecule has 17 nitrogen and oxygen atoms in total. The molecule has 0 bridgehead atoms. The molecular formula is C130H202O17. The van der Waals surface area contributed by atoms with Gasteiger partial charge in [0.25, 0.3) is 0 Å². The molecule has 0 aliphatic heterocycles. The lowest BCUT2D eigenvalue weighted by atomic mass is 9.44. The van der Waals surface area contributed by atoms with Gasteiger partial charge in [-0.3, -0.25) is 19.2 Å². The van der Waals surface area contributed by atoms with Crippen molar-refractivity contribution in [3.05, 3.63) is 154 Å². The van der Waals surface area contributed by atoms with Crippen LogP contribution in [0.4, 0.5) is 0 Å². The molecule has 0 heterocycles. The topological polar surface area (TPSA) is 298 Å². The highest BCUT2D eigenvalue weighted by molar-refractivity contribution is 5.74. The van der Waals surface area contributed by atoms with Crippen LogP contribution in [0.15, 0.2) is 154 Å². The summed E-state index contributed by atoms with van der Waals surface area (Å²) >= 11 is 0. The molecule has 16 aliphatic carbocycles. The molecule has 33 atom stereocenters. The van der Waals surface area contributed by atoms with Gasteiger partial charge in [-0.2, -0.15) is 0 Å². The van der Waals surface area contributed by atoms with Crippen molar-refractivity contribution in [3.8, 4) is 0 Å². The van der Waals surface area contributed by atoms with Crippen molar-refractivity contribution in [1.29, 1.82) is 0 Å². The molecule has 0 radical (unpaired) electrons. The van der Waals surface area contributed by atoms with E-state index in [-0.39, 0.29) is 159 Å². The quantitative estimate of drug-likeness (QED) is 0.0231. The number of allylic oxidation sites excluding steroid dienone is 20. The Balaban J connectivity index is 0.000000164. The minimum Gasteiger partial charge on any atom is -0.513 e. The number of carboxylic acid groups (broad SMARTS) is 2. The van der Waals surface area contributed by atoms with Crippen LogP contribution >= 0.6 is 0 Å². The van der Waals surface area contributed by atoms with Gasteiger partial charge in [0.05, 0.1) is 79.5 Å². The number of esters is 2. The lowest BCUT2D eigenvalue weighted by Gasteiger charge is -2.61. The van der Waals surface area contributed by atoms with Crippen molar-refractivity contribution in [3.63, 3.8) is 0 Å². The van der Waals surface area contributed by atoms with Gasteiger partial charge < -0.3 is 65.3 Å². The zero-order chi connectivity index (χ0) is 110. The van der Waals surface area contributed by atoms with Crippen LogP contribution in [0, 0.1) is 181 Å². The monoisotopic (exact) mass is 2040 g/mol. The van der Waals surface area contributed by atoms with Gasteiger partial charge in [0.2, 0.25) is 0 Å². The summed E-state index contributed by atoms with van der Waals surface area (Å²) in [5.74, 6) is -2.27. The number of carbonyl (C=O) groups excluding carboxylic acids is 2. The van der Waals surface area contributed by atoms with E-state index in [0.717, 1.165) is 144 Å². The van der Waals surface area contributed by atoms with E-state index in [0.29, 0.717) is 87.1 Å². The molecule has 8 fully saturated rings.